The van der Waals surface area contributed by atoms with Gasteiger partial charge in [0.1, 0.15) is 5.82 Å². The largest absolute Gasteiger partial charge is 0.383 e. The average Bonchev–Trinajstić information content (AvgIpc) is 2.36. The molecule has 0 atom stereocenters. The molecule has 3 heteroatoms. The molecule has 0 radical (unpaired) electrons. The van der Waals surface area contributed by atoms with E-state index in [4.69, 9.17) is 4.74 Å². The van der Waals surface area contributed by atoms with Gasteiger partial charge in [0.15, 0.2) is 0 Å². The molecule has 0 unspecified atom stereocenters. The summed E-state index contributed by atoms with van der Waals surface area (Å²) in [6.07, 6.45) is 2.07. The first-order valence-electron chi connectivity index (χ1n) is 6.89. The van der Waals surface area contributed by atoms with E-state index in [1.807, 2.05) is 19.1 Å². The number of ether oxygens (including phenoxy) is 1. The summed E-state index contributed by atoms with van der Waals surface area (Å²) in [6, 6.07) is 5.40. The molecule has 0 saturated carbocycles. The third kappa shape index (κ3) is 6.17. The monoisotopic (exact) mass is 267 g/mol. The number of nitrogens with one attached hydrogen (secondary N) is 1. The second kappa shape index (κ2) is 7.61. The zero-order valence-electron chi connectivity index (χ0n) is 12.6. The molecule has 0 spiro atoms. The Kier molecular flexibility index (Phi) is 6.46. The van der Waals surface area contributed by atoms with Gasteiger partial charge in [-0.2, -0.15) is 0 Å². The lowest BCUT2D eigenvalue weighted by Gasteiger charge is -2.25. The van der Waals surface area contributed by atoms with Crippen LogP contribution in [0, 0.1) is 18.2 Å². The summed E-state index contributed by atoms with van der Waals surface area (Å²) >= 11 is 0. The molecular weight excluding hydrogens is 241 g/mol. The van der Waals surface area contributed by atoms with Crippen molar-refractivity contribution in [2.24, 2.45) is 5.41 Å². The summed E-state index contributed by atoms with van der Waals surface area (Å²) in [7, 11) is 1.71. The summed E-state index contributed by atoms with van der Waals surface area (Å²) in [5, 5.41) is 3.40. The minimum Gasteiger partial charge on any atom is -0.383 e. The number of hydrogen-bond acceptors (Lipinski definition) is 2. The van der Waals surface area contributed by atoms with Crippen LogP contribution in [0.4, 0.5) is 4.39 Å². The fraction of sp³-hybridized carbons (Fsp3) is 0.625. The van der Waals surface area contributed by atoms with Crippen molar-refractivity contribution in [3.8, 4) is 0 Å². The van der Waals surface area contributed by atoms with Crippen molar-refractivity contribution in [3.63, 3.8) is 0 Å². The van der Waals surface area contributed by atoms with E-state index in [0.29, 0.717) is 0 Å². The highest BCUT2D eigenvalue weighted by Crippen LogP contribution is 2.22. The summed E-state index contributed by atoms with van der Waals surface area (Å²) in [5.41, 5.74) is 2.17. The van der Waals surface area contributed by atoms with Crippen LogP contribution in [-0.2, 0) is 11.2 Å². The fourth-order valence-corrected chi connectivity index (χ4v) is 2.03. The van der Waals surface area contributed by atoms with Crippen LogP contribution in [-0.4, -0.2) is 26.8 Å². The third-order valence-electron chi connectivity index (χ3n) is 3.40. The minimum absolute atomic E-state index is 0.121. The van der Waals surface area contributed by atoms with Crippen LogP contribution in [0.2, 0.25) is 0 Å². The first-order valence-corrected chi connectivity index (χ1v) is 6.89. The highest BCUT2D eigenvalue weighted by molar-refractivity contribution is 5.24. The number of aryl methyl sites for hydroxylation is 2. The summed E-state index contributed by atoms with van der Waals surface area (Å²) in [6.45, 7) is 8.92. The van der Waals surface area contributed by atoms with Crippen molar-refractivity contribution < 1.29 is 9.13 Å². The van der Waals surface area contributed by atoms with Gasteiger partial charge >= 0.3 is 0 Å². The standard InChI is InChI=1S/C16H26FNO/c1-13-11-14(5-6-15(13)17)7-8-16(2,3)12-18-9-10-19-4/h5-6,11,18H,7-10,12H2,1-4H3. The first kappa shape index (κ1) is 16.1. The molecule has 1 rings (SSSR count). The van der Waals surface area contributed by atoms with Gasteiger partial charge in [-0.3, -0.25) is 0 Å². The van der Waals surface area contributed by atoms with Gasteiger partial charge in [-0.25, -0.2) is 4.39 Å². The molecule has 0 aliphatic carbocycles. The van der Waals surface area contributed by atoms with Crippen LogP contribution in [0.3, 0.4) is 0 Å². The number of hydrogen-bond donors (Lipinski definition) is 1. The van der Waals surface area contributed by atoms with E-state index in [2.05, 4.69) is 19.2 Å². The number of methoxy groups -OCH3 is 1. The lowest BCUT2D eigenvalue weighted by Crippen LogP contribution is -2.31. The Morgan fingerprint density at radius 3 is 2.68 bits per heavy atom. The number of benzene rings is 1. The van der Waals surface area contributed by atoms with Crippen molar-refractivity contribution in [3.05, 3.63) is 35.1 Å². The van der Waals surface area contributed by atoms with E-state index in [-0.39, 0.29) is 11.2 Å². The number of halogens is 1. The maximum Gasteiger partial charge on any atom is 0.126 e. The Morgan fingerprint density at radius 1 is 1.32 bits per heavy atom. The quantitative estimate of drug-likeness (QED) is 0.729. The van der Waals surface area contributed by atoms with Gasteiger partial charge in [0, 0.05) is 20.2 Å². The maximum atomic E-state index is 13.2. The first-order chi connectivity index (χ1) is 8.94. The molecule has 1 aromatic rings. The Balaban J connectivity index is 2.39. The van der Waals surface area contributed by atoms with Crippen LogP contribution in [0.15, 0.2) is 18.2 Å². The molecule has 1 aromatic carbocycles. The molecule has 0 aliphatic heterocycles. The van der Waals surface area contributed by atoms with E-state index in [9.17, 15) is 4.39 Å². The van der Waals surface area contributed by atoms with Crippen molar-refractivity contribution in [2.75, 3.05) is 26.8 Å². The molecule has 2 nitrogen and oxygen atoms in total. The lowest BCUT2D eigenvalue weighted by molar-refractivity contribution is 0.193. The fourth-order valence-electron chi connectivity index (χ4n) is 2.03. The summed E-state index contributed by atoms with van der Waals surface area (Å²) in [4.78, 5) is 0. The van der Waals surface area contributed by atoms with Crippen LogP contribution in [0.5, 0.6) is 0 Å². The molecule has 108 valence electrons. The SMILES string of the molecule is COCCNCC(C)(C)CCc1ccc(F)c(C)c1. The van der Waals surface area contributed by atoms with Gasteiger partial charge < -0.3 is 10.1 Å². The molecule has 0 amide bonds. The zero-order valence-corrected chi connectivity index (χ0v) is 12.6. The van der Waals surface area contributed by atoms with Crippen LogP contribution in [0.1, 0.15) is 31.4 Å². The van der Waals surface area contributed by atoms with Gasteiger partial charge in [0.2, 0.25) is 0 Å². The van der Waals surface area contributed by atoms with Crippen molar-refractivity contribution in [1.29, 1.82) is 0 Å². The van der Waals surface area contributed by atoms with E-state index in [0.717, 1.165) is 38.1 Å². The van der Waals surface area contributed by atoms with Crippen LogP contribution >= 0.6 is 0 Å². The van der Waals surface area contributed by atoms with Gasteiger partial charge in [-0.1, -0.05) is 26.0 Å². The van der Waals surface area contributed by atoms with Crippen molar-refractivity contribution >= 4 is 0 Å². The van der Waals surface area contributed by atoms with E-state index in [1.165, 1.54) is 5.56 Å². The topological polar surface area (TPSA) is 21.3 Å². The average molecular weight is 267 g/mol. The Morgan fingerprint density at radius 2 is 2.05 bits per heavy atom. The van der Waals surface area contributed by atoms with Crippen molar-refractivity contribution in [1.82, 2.24) is 5.32 Å². The second-order valence-electron chi connectivity index (χ2n) is 5.92. The molecule has 19 heavy (non-hydrogen) atoms. The normalized spacial score (nSPS) is 11.8. The second-order valence-corrected chi connectivity index (χ2v) is 5.92. The number of rotatable bonds is 8. The van der Waals surface area contributed by atoms with Gasteiger partial charge in [0.05, 0.1) is 6.61 Å². The zero-order chi connectivity index (χ0) is 14.3. The lowest BCUT2D eigenvalue weighted by atomic mass is 9.86. The Hall–Kier alpha value is -0.930. The molecule has 0 fully saturated rings. The Bertz CT molecular complexity index is 390. The Labute approximate surface area is 116 Å². The predicted molar refractivity (Wildman–Crippen MR) is 78.0 cm³/mol. The molecule has 0 saturated heterocycles. The highest BCUT2D eigenvalue weighted by Gasteiger charge is 2.17. The minimum atomic E-state index is -0.121. The highest BCUT2D eigenvalue weighted by atomic mass is 19.1. The molecule has 1 N–H and O–H groups in total. The third-order valence-corrected chi connectivity index (χ3v) is 3.40. The predicted octanol–water partition coefficient (Wildman–Crippen LogP) is 3.33. The van der Waals surface area contributed by atoms with Gasteiger partial charge in [-0.15, -0.1) is 0 Å². The van der Waals surface area contributed by atoms with Gasteiger partial charge in [-0.05, 0) is 42.4 Å². The smallest absolute Gasteiger partial charge is 0.126 e. The molecule has 0 aliphatic rings. The molecular formula is C16H26FNO. The summed E-state index contributed by atoms with van der Waals surface area (Å²) in [5.74, 6) is -0.121. The van der Waals surface area contributed by atoms with E-state index >= 15 is 0 Å². The van der Waals surface area contributed by atoms with Crippen LogP contribution < -0.4 is 5.32 Å². The van der Waals surface area contributed by atoms with E-state index < -0.39 is 0 Å². The molecule has 0 aromatic heterocycles. The van der Waals surface area contributed by atoms with Gasteiger partial charge in [0.25, 0.3) is 0 Å². The summed E-state index contributed by atoms with van der Waals surface area (Å²) < 4.78 is 18.2. The maximum absolute atomic E-state index is 13.2. The molecule has 0 heterocycles. The van der Waals surface area contributed by atoms with E-state index in [1.54, 1.807) is 13.2 Å². The molecule has 0 bridgehead atoms. The van der Waals surface area contributed by atoms with Crippen molar-refractivity contribution in [2.45, 2.75) is 33.6 Å². The van der Waals surface area contributed by atoms with Crippen LogP contribution in [0.25, 0.3) is 0 Å².